The molecule has 2 heterocycles. The van der Waals surface area contributed by atoms with Crippen molar-refractivity contribution in [1.82, 2.24) is 9.62 Å². The third-order valence-electron chi connectivity index (χ3n) is 6.07. The van der Waals surface area contributed by atoms with E-state index in [-0.39, 0.29) is 23.2 Å². The summed E-state index contributed by atoms with van der Waals surface area (Å²) in [4.78, 5) is 12.4. The molecule has 1 spiro atoms. The molecule has 2 aliphatic heterocycles. The first-order chi connectivity index (χ1) is 12.9. The predicted molar refractivity (Wildman–Crippen MR) is 103 cm³/mol. The fraction of sp³-hybridized carbons (Fsp3) is 0.650. The number of carbonyl (C=O) groups is 1. The molecule has 1 atom stereocenters. The van der Waals surface area contributed by atoms with Crippen molar-refractivity contribution in [3.8, 4) is 5.75 Å². The summed E-state index contributed by atoms with van der Waals surface area (Å²) in [5.41, 5.74) is 0.719. The molecule has 1 aromatic carbocycles. The summed E-state index contributed by atoms with van der Waals surface area (Å²) in [6, 6.07) is 8.33. The van der Waals surface area contributed by atoms with Gasteiger partial charge in [0.15, 0.2) is 0 Å². The fourth-order valence-corrected chi connectivity index (χ4v) is 5.43. The third-order valence-corrected chi connectivity index (χ3v) is 7.95. The quantitative estimate of drug-likeness (QED) is 0.835. The van der Waals surface area contributed by atoms with Crippen LogP contribution in [0.3, 0.4) is 0 Å². The van der Waals surface area contributed by atoms with Crippen molar-refractivity contribution in [3.63, 3.8) is 0 Å². The number of hydrogen-bond donors (Lipinski definition) is 1. The minimum Gasteiger partial charge on any atom is -0.487 e. The van der Waals surface area contributed by atoms with E-state index in [4.69, 9.17) is 4.74 Å². The van der Waals surface area contributed by atoms with Crippen LogP contribution < -0.4 is 10.1 Å². The van der Waals surface area contributed by atoms with E-state index >= 15 is 0 Å². The highest BCUT2D eigenvalue weighted by atomic mass is 32.2. The number of nitrogens with zero attached hydrogens (tertiary/aromatic N) is 1. The summed E-state index contributed by atoms with van der Waals surface area (Å²) in [6.45, 7) is 2.65. The SMILES string of the molecule is CCS(=O)(=O)N1CCC2(CC1)CC(CC(=O)NC1CC1)c1ccccc1O2. The zero-order valence-electron chi connectivity index (χ0n) is 15.8. The lowest BCUT2D eigenvalue weighted by atomic mass is 9.76. The highest BCUT2D eigenvalue weighted by Crippen LogP contribution is 2.46. The molecule has 1 saturated carbocycles. The Morgan fingerprint density at radius 1 is 1.26 bits per heavy atom. The average molecular weight is 393 g/mol. The van der Waals surface area contributed by atoms with Gasteiger partial charge in [0.25, 0.3) is 0 Å². The lowest BCUT2D eigenvalue weighted by molar-refractivity contribution is -0.122. The number of carbonyl (C=O) groups excluding carboxylic acids is 1. The smallest absolute Gasteiger partial charge is 0.220 e. The maximum atomic E-state index is 12.4. The molecule has 7 heteroatoms. The average Bonchev–Trinajstić information content (AvgIpc) is 3.46. The van der Waals surface area contributed by atoms with Crippen LogP contribution in [0.25, 0.3) is 0 Å². The van der Waals surface area contributed by atoms with Crippen molar-refractivity contribution in [2.75, 3.05) is 18.8 Å². The number of rotatable bonds is 5. The van der Waals surface area contributed by atoms with Crippen LogP contribution in [0.4, 0.5) is 0 Å². The Morgan fingerprint density at radius 3 is 2.63 bits per heavy atom. The number of amides is 1. The highest BCUT2D eigenvalue weighted by molar-refractivity contribution is 7.89. The van der Waals surface area contributed by atoms with Crippen molar-refractivity contribution >= 4 is 15.9 Å². The fourth-order valence-electron chi connectivity index (χ4n) is 4.33. The van der Waals surface area contributed by atoms with Gasteiger partial charge in [-0.1, -0.05) is 18.2 Å². The van der Waals surface area contributed by atoms with Crippen LogP contribution in [0.5, 0.6) is 5.75 Å². The van der Waals surface area contributed by atoms with Gasteiger partial charge in [0.05, 0.1) is 5.75 Å². The molecule has 148 valence electrons. The Hall–Kier alpha value is -1.60. The second kappa shape index (κ2) is 7.09. The van der Waals surface area contributed by atoms with Gasteiger partial charge < -0.3 is 10.1 Å². The minimum atomic E-state index is -3.16. The van der Waals surface area contributed by atoms with Crippen LogP contribution in [-0.4, -0.2) is 49.1 Å². The molecule has 4 rings (SSSR count). The molecule has 2 fully saturated rings. The molecule has 1 amide bonds. The van der Waals surface area contributed by atoms with Gasteiger partial charge in [0, 0.05) is 44.3 Å². The van der Waals surface area contributed by atoms with Gasteiger partial charge >= 0.3 is 0 Å². The monoisotopic (exact) mass is 392 g/mol. The molecule has 0 radical (unpaired) electrons. The molecular weight excluding hydrogens is 364 g/mol. The van der Waals surface area contributed by atoms with Gasteiger partial charge in [-0.2, -0.15) is 0 Å². The van der Waals surface area contributed by atoms with Crippen LogP contribution in [0.1, 0.15) is 56.9 Å². The van der Waals surface area contributed by atoms with Gasteiger partial charge in [-0.25, -0.2) is 12.7 Å². The number of fused-ring (bicyclic) bond motifs is 1. The van der Waals surface area contributed by atoms with E-state index in [1.54, 1.807) is 11.2 Å². The number of piperidine rings is 1. The van der Waals surface area contributed by atoms with Crippen LogP contribution in [0.15, 0.2) is 24.3 Å². The minimum absolute atomic E-state index is 0.111. The van der Waals surface area contributed by atoms with E-state index in [9.17, 15) is 13.2 Å². The second-order valence-electron chi connectivity index (χ2n) is 8.07. The number of para-hydroxylation sites is 1. The molecule has 0 aromatic heterocycles. The molecule has 27 heavy (non-hydrogen) atoms. The van der Waals surface area contributed by atoms with Crippen LogP contribution in [-0.2, 0) is 14.8 Å². The van der Waals surface area contributed by atoms with Gasteiger partial charge in [-0.15, -0.1) is 0 Å². The molecule has 1 unspecified atom stereocenters. The number of ether oxygens (including phenoxy) is 1. The van der Waals surface area contributed by atoms with Crippen LogP contribution in [0, 0.1) is 0 Å². The van der Waals surface area contributed by atoms with E-state index in [0.29, 0.717) is 38.4 Å². The maximum absolute atomic E-state index is 12.4. The summed E-state index contributed by atoms with van der Waals surface area (Å²) in [5, 5.41) is 3.09. The Bertz CT molecular complexity index is 811. The summed E-state index contributed by atoms with van der Waals surface area (Å²) in [6.07, 6.45) is 4.74. The lowest BCUT2D eigenvalue weighted by Gasteiger charge is -2.46. The van der Waals surface area contributed by atoms with Crippen LogP contribution in [0.2, 0.25) is 0 Å². The van der Waals surface area contributed by atoms with Crippen molar-refractivity contribution in [2.45, 2.75) is 63.0 Å². The summed E-state index contributed by atoms with van der Waals surface area (Å²) in [7, 11) is -3.16. The molecule has 1 aromatic rings. The molecule has 1 saturated heterocycles. The molecular formula is C20H28N2O4S. The van der Waals surface area contributed by atoms with Crippen LogP contribution >= 0.6 is 0 Å². The Labute approximate surface area is 161 Å². The first-order valence-corrected chi connectivity index (χ1v) is 11.6. The number of benzene rings is 1. The van der Waals surface area contributed by atoms with Gasteiger partial charge in [0.2, 0.25) is 15.9 Å². The number of hydrogen-bond acceptors (Lipinski definition) is 4. The van der Waals surface area contributed by atoms with E-state index < -0.39 is 10.0 Å². The van der Waals surface area contributed by atoms with Crippen molar-refractivity contribution in [2.24, 2.45) is 0 Å². The van der Waals surface area contributed by atoms with E-state index in [2.05, 4.69) is 5.32 Å². The largest absolute Gasteiger partial charge is 0.487 e. The molecule has 0 bridgehead atoms. The van der Waals surface area contributed by atoms with E-state index in [0.717, 1.165) is 30.6 Å². The standard InChI is InChI=1S/C20H28N2O4S/c1-2-27(24,25)22-11-9-20(10-12-22)14-15(13-19(23)21-16-7-8-16)17-5-3-4-6-18(17)26-20/h3-6,15-16H,2,7-14H2,1H3,(H,21,23). The molecule has 3 aliphatic rings. The third kappa shape index (κ3) is 3.99. The summed E-state index contributed by atoms with van der Waals surface area (Å²) < 4.78 is 32.3. The first-order valence-electron chi connectivity index (χ1n) is 9.96. The first kappa shape index (κ1) is 18.7. The normalized spacial score (nSPS) is 24.9. The topological polar surface area (TPSA) is 75.7 Å². The zero-order valence-corrected chi connectivity index (χ0v) is 16.6. The van der Waals surface area contributed by atoms with E-state index in [1.807, 2.05) is 24.3 Å². The highest BCUT2D eigenvalue weighted by Gasteiger charge is 2.45. The van der Waals surface area contributed by atoms with Crippen molar-refractivity contribution in [3.05, 3.63) is 29.8 Å². The van der Waals surface area contributed by atoms with E-state index in [1.165, 1.54) is 0 Å². The molecule has 6 nitrogen and oxygen atoms in total. The van der Waals surface area contributed by atoms with Gasteiger partial charge in [-0.05, 0) is 37.8 Å². The van der Waals surface area contributed by atoms with Crippen molar-refractivity contribution < 1.29 is 17.9 Å². The zero-order chi connectivity index (χ0) is 19.1. The lowest BCUT2D eigenvalue weighted by Crippen LogP contribution is -2.52. The molecule has 1 aliphatic carbocycles. The summed E-state index contributed by atoms with van der Waals surface area (Å²) >= 11 is 0. The maximum Gasteiger partial charge on any atom is 0.220 e. The van der Waals surface area contributed by atoms with Gasteiger partial charge in [-0.3, -0.25) is 4.79 Å². The van der Waals surface area contributed by atoms with Gasteiger partial charge in [0.1, 0.15) is 11.4 Å². The Balaban J connectivity index is 1.51. The van der Waals surface area contributed by atoms with Crippen molar-refractivity contribution in [1.29, 1.82) is 0 Å². The number of nitrogens with one attached hydrogen (secondary N) is 1. The second-order valence-corrected chi connectivity index (χ2v) is 10.3. The Morgan fingerprint density at radius 2 is 1.96 bits per heavy atom. The number of sulfonamides is 1. The Kier molecular flexibility index (Phi) is 4.93. The predicted octanol–water partition coefficient (Wildman–Crippen LogP) is 2.41. The summed E-state index contributed by atoms with van der Waals surface area (Å²) in [5.74, 6) is 1.20. The molecule has 1 N–H and O–H groups in total.